The molecule has 0 spiro atoms. The fraction of sp³-hybridized carbons (Fsp3) is 0.308. The largest absolute Gasteiger partial charge is 0.493 e. The van der Waals surface area contributed by atoms with Gasteiger partial charge in [-0.25, -0.2) is 4.98 Å². The minimum atomic E-state index is 0.0472. The van der Waals surface area contributed by atoms with E-state index in [0.29, 0.717) is 18.9 Å². The zero-order chi connectivity index (χ0) is 22.7. The lowest BCUT2D eigenvalue weighted by atomic mass is 10.1. The summed E-state index contributed by atoms with van der Waals surface area (Å²) in [6.07, 6.45) is 0.914. The molecule has 2 aromatic carbocycles. The summed E-state index contributed by atoms with van der Waals surface area (Å²) in [5, 5.41) is 1.51. The van der Waals surface area contributed by atoms with Gasteiger partial charge in [-0.1, -0.05) is 66.2 Å². The van der Waals surface area contributed by atoms with Gasteiger partial charge in [-0.3, -0.25) is 9.36 Å². The van der Waals surface area contributed by atoms with Crippen LogP contribution in [0.15, 0.2) is 58.5 Å². The van der Waals surface area contributed by atoms with Crippen molar-refractivity contribution in [3.63, 3.8) is 0 Å². The molecule has 0 bridgehead atoms. The third-order valence-corrected chi connectivity index (χ3v) is 7.77. The molecule has 0 amide bonds. The Bertz CT molecular complexity index is 1270. The minimum absolute atomic E-state index is 0.0472. The molecule has 0 saturated heterocycles. The molecular weight excluding hydrogens is 436 g/mol. The number of thiophene rings is 1. The Hall–Kier alpha value is -2.57. The van der Waals surface area contributed by atoms with Crippen LogP contribution >= 0.6 is 23.1 Å². The summed E-state index contributed by atoms with van der Waals surface area (Å²) in [4.78, 5) is 20.5. The highest BCUT2D eigenvalue weighted by molar-refractivity contribution is 7.99. The molecule has 0 unspecified atom stereocenters. The van der Waals surface area contributed by atoms with Crippen molar-refractivity contribution in [2.75, 3.05) is 12.4 Å². The zero-order valence-corrected chi connectivity index (χ0v) is 20.6. The van der Waals surface area contributed by atoms with E-state index in [1.807, 2.05) is 35.8 Å². The Balaban J connectivity index is 1.61. The predicted octanol–water partition coefficient (Wildman–Crippen LogP) is 6.17. The lowest BCUT2D eigenvalue weighted by Gasteiger charge is -2.13. The first-order valence-electron chi connectivity index (χ1n) is 10.9. The minimum Gasteiger partial charge on any atom is -0.493 e. The molecule has 32 heavy (non-hydrogen) atoms. The van der Waals surface area contributed by atoms with Crippen molar-refractivity contribution < 1.29 is 4.74 Å². The first kappa shape index (κ1) is 22.6. The smallest absolute Gasteiger partial charge is 0.263 e. The van der Waals surface area contributed by atoms with Crippen molar-refractivity contribution in [2.45, 2.75) is 45.8 Å². The lowest BCUT2D eigenvalue weighted by Crippen LogP contribution is -2.24. The van der Waals surface area contributed by atoms with E-state index in [9.17, 15) is 4.79 Å². The molecule has 0 N–H and O–H groups in total. The number of hydrogen-bond donors (Lipinski definition) is 0. The molecule has 4 nitrogen and oxygen atoms in total. The van der Waals surface area contributed by atoms with Crippen molar-refractivity contribution in [1.29, 1.82) is 0 Å². The van der Waals surface area contributed by atoms with Crippen molar-refractivity contribution >= 4 is 33.3 Å². The van der Waals surface area contributed by atoms with Crippen molar-refractivity contribution in [3.05, 3.63) is 86.0 Å². The second-order valence-electron chi connectivity index (χ2n) is 7.97. The van der Waals surface area contributed by atoms with Crippen LogP contribution in [-0.4, -0.2) is 21.9 Å². The van der Waals surface area contributed by atoms with Gasteiger partial charge in [-0.05, 0) is 50.5 Å². The number of nitrogens with zero attached hydrogens (tertiary/aromatic N) is 2. The molecule has 0 radical (unpaired) electrons. The SMILES string of the molecule is CCc1sc2nc(SCCOc3ccc(C)cc3)n(Cc3ccc(C)cc3)c(=O)c2c1C. The van der Waals surface area contributed by atoms with Crippen LogP contribution in [0.2, 0.25) is 0 Å². The fourth-order valence-corrected chi connectivity index (χ4v) is 5.61. The zero-order valence-electron chi connectivity index (χ0n) is 19.0. The van der Waals surface area contributed by atoms with Gasteiger partial charge in [-0.15, -0.1) is 11.3 Å². The van der Waals surface area contributed by atoms with Gasteiger partial charge in [0.05, 0.1) is 18.5 Å². The maximum atomic E-state index is 13.5. The van der Waals surface area contributed by atoms with Gasteiger partial charge in [0.25, 0.3) is 5.56 Å². The highest BCUT2D eigenvalue weighted by atomic mass is 32.2. The number of aromatic nitrogens is 2. The van der Waals surface area contributed by atoms with E-state index in [1.165, 1.54) is 16.0 Å². The van der Waals surface area contributed by atoms with Crippen molar-refractivity contribution in [2.24, 2.45) is 0 Å². The molecule has 4 aromatic rings. The van der Waals surface area contributed by atoms with E-state index in [0.717, 1.165) is 38.7 Å². The van der Waals surface area contributed by atoms with E-state index in [4.69, 9.17) is 9.72 Å². The van der Waals surface area contributed by atoms with Crippen LogP contribution < -0.4 is 10.3 Å². The van der Waals surface area contributed by atoms with Gasteiger partial charge in [0, 0.05) is 10.6 Å². The Labute approximate surface area is 197 Å². The molecule has 0 saturated carbocycles. The standard InChI is InChI=1S/C26H28N2O2S2/c1-5-22-19(4)23-24(32-22)27-26(31-15-14-30-21-12-8-18(3)9-13-21)28(25(23)29)16-20-10-6-17(2)7-11-20/h6-13H,5,14-16H2,1-4H3. The summed E-state index contributed by atoms with van der Waals surface area (Å²) >= 11 is 3.21. The molecule has 0 aliphatic heterocycles. The molecule has 4 rings (SSSR count). The summed E-state index contributed by atoms with van der Waals surface area (Å²) in [7, 11) is 0. The predicted molar refractivity (Wildman–Crippen MR) is 136 cm³/mol. The molecule has 2 heterocycles. The molecular formula is C26H28N2O2S2. The van der Waals surface area contributed by atoms with E-state index in [1.54, 1.807) is 23.1 Å². The fourth-order valence-electron chi connectivity index (χ4n) is 3.63. The summed E-state index contributed by atoms with van der Waals surface area (Å²) < 4.78 is 7.70. The van der Waals surface area contributed by atoms with E-state index in [2.05, 4.69) is 45.0 Å². The number of ether oxygens (including phenoxy) is 1. The van der Waals surface area contributed by atoms with Crippen molar-refractivity contribution in [1.82, 2.24) is 9.55 Å². The third-order valence-electron chi connectivity index (χ3n) is 5.50. The van der Waals surface area contributed by atoms with E-state index in [-0.39, 0.29) is 5.56 Å². The van der Waals surface area contributed by atoms with E-state index >= 15 is 0 Å². The van der Waals surface area contributed by atoms with Crippen LogP contribution in [0.1, 0.15) is 34.1 Å². The van der Waals surface area contributed by atoms with Crippen LogP contribution in [0.3, 0.4) is 0 Å². The van der Waals surface area contributed by atoms with Gasteiger partial charge in [0.2, 0.25) is 0 Å². The summed E-state index contributed by atoms with van der Waals surface area (Å²) in [5.74, 6) is 1.57. The molecule has 0 aliphatic rings. The van der Waals surface area contributed by atoms with Crippen LogP contribution in [0.5, 0.6) is 5.75 Å². The van der Waals surface area contributed by atoms with Crippen LogP contribution in [0.4, 0.5) is 0 Å². The Kier molecular flexibility index (Phi) is 7.01. The first-order valence-corrected chi connectivity index (χ1v) is 12.7. The van der Waals surface area contributed by atoms with Gasteiger partial charge in [0.15, 0.2) is 5.16 Å². The second kappa shape index (κ2) is 9.92. The highest BCUT2D eigenvalue weighted by Gasteiger charge is 2.18. The summed E-state index contributed by atoms with van der Waals surface area (Å²) in [6, 6.07) is 16.4. The maximum absolute atomic E-state index is 13.5. The summed E-state index contributed by atoms with van der Waals surface area (Å²) in [5.41, 5.74) is 4.63. The van der Waals surface area contributed by atoms with Gasteiger partial charge in [-0.2, -0.15) is 0 Å². The van der Waals surface area contributed by atoms with E-state index < -0.39 is 0 Å². The topological polar surface area (TPSA) is 44.1 Å². The monoisotopic (exact) mass is 464 g/mol. The first-order chi connectivity index (χ1) is 15.5. The number of rotatable bonds is 8. The van der Waals surface area contributed by atoms with Crippen LogP contribution in [0, 0.1) is 20.8 Å². The average Bonchev–Trinajstić information content (AvgIpc) is 3.11. The van der Waals surface area contributed by atoms with Crippen LogP contribution in [0.25, 0.3) is 10.2 Å². The molecule has 0 atom stereocenters. The van der Waals surface area contributed by atoms with Crippen LogP contribution in [-0.2, 0) is 13.0 Å². The quantitative estimate of drug-likeness (QED) is 0.178. The Morgan fingerprint density at radius 1 is 1.00 bits per heavy atom. The van der Waals surface area contributed by atoms with Crippen molar-refractivity contribution in [3.8, 4) is 5.75 Å². The van der Waals surface area contributed by atoms with Gasteiger partial charge in [0.1, 0.15) is 10.6 Å². The molecule has 166 valence electrons. The Morgan fingerprint density at radius 2 is 1.66 bits per heavy atom. The molecule has 6 heteroatoms. The number of hydrogen-bond acceptors (Lipinski definition) is 5. The maximum Gasteiger partial charge on any atom is 0.263 e. The normalized spacial score (nSPS) is 11.2. The van der Waals surface area contributed by atoms with Gasteiger partial charge >= 0.3 is 0 Å². The lowest BCUT2D eigenvalue weighted by molar-refractivity contribution is 0.343. The second-order valence-corrected chi connectivity index (χ2v) is 10.1. The third kappa shape index (κ3) is 4.92. The Morgan fingerprint density at radius 3 is 2.31 bits per heavy atom. The number of fused-ring (bicyclic) bond motifs is 1. The average molecular weight is 465 g/mol. The summed E-state index contributed by atoms with van der Waals surface area (Å²) in [6.45, 7) is 9.36. The highest BCUT2D eigenvalue weighted by Crippen LogP contribution is 2.30. The molecule has 0 aliphatic carbocycles. The molecule has 0 fully saturated rings. The molecule has 2 aromatic heterocycles. The number of aryl methyl sites for hydroxylation is 4. The number of thioether (sulfide) groups is 1. The van der Waals surface area contributed by atoms with Gasteiger partial charge < -0.3 is 4.74 Å². The number of benzene rings is 2.